The first-order valence-electron chi connectivity index (χ1n) is 1.28. The standard InChI is InChI=1S/C2H3NO2S.Fe/c4-2(5)1-3-6;/h1H2,(H,4,5);. The van der Waals surface area contributed by atoms with Crippen LogP contribution >= 0.6 is 0 Å². The van der Waals surface area contributed by atoms with Gasteiger partial charge in [-0.15, -0.1) is 0 Å². The van der Waals surface area contributed by atoms with E-state index in [-0.39, 0.29) is 23.6 Å². The summed E-state index contributed by atoms with van der Waals surface area (Å²) < 4.78 is 2.92. The first-order chi connectivity index (χ1) is 2.77. The zero-order valence-electron chi connectivity index (χ0n) is 3.27. The summed E-state index contributed by atoms with van der Waals surface area (Å²) >= 11 is 3.97. The van der Waals surface area contributed by atoms with Gasteiger partial charge in [-0.3, -0.25) is 4.79 Å². The Balaban J connectivity index is 0. The molecule has 0 aromatic heterocycles. The van der Waals surface area contributed by atoms with Crippen molar-refractivity contribution in [1.82, 2.24) is 0 Å². The van der Waals surface area contributed by atoms with Gasteiger partial charge in [0.25, 0.3) is 0 Å². The van der Waals surface area contributed by atoms with E-state index in [0.29, 0.717) is 0 Å². The zero-order valence-corrected chi connectivity index (χ0v) is 5.19. The van der Waals surface area contributed by atoms with Crippen molar-refractivity contribution in [3.63, 3.8) is 0 Å². The Kier molecular flexibility index (Phi) is 8.66. The van der Waals surface area contributed by atoms with Crippen LogP contribution in [0.25, 0.3) is 0 Å². The average molecular weight is 161 g/mol. The maximum Gasteiger partial charge on any atom is 0.326 e. The number of carboxylic acids is 1. The SMILES string of the molecule is O=C(O)CN=S.[Fe]. The summed E-state index contributed by atoms with van der Waals surface area (Å²) in [7, 11) is 0. The molecule has 0 aliphatic carbocycles. The van der Waals surface area contributed by atoms with Crippen LogP contribution in [0.2, 0.25) is 0 Å². The average Bonchev–Trinajstić information content (AvgIpc) is 1.35. The van der Waals surface area contributed by atoms with Crippen LogP contribution in [0.5, 0.6) is 0 Å². The number of rotatable bonds is 2. The molecular weight excluding hydrogens is 158 g/mol. The molecule has 0 spiro atoms. The topological polar surface area (TPSA) is 49.7 Å². The fraction of sp³-hybridized carbons (Fsp3) is 0.500. The van der Waals surface area contributed by atoms with Crippen LogP contribution in [0, 0.1) is 0 Å². The van der Waals surface area contributed by atoms with Gasteiger partial charge in [0.2, 0.25) is 0 Å². The van der Waals surface area contributed by atoms with E-state index in [0.717, 1.165) is 0 Å². The molecule has 0 bridgehead atoms. The number of carbonyl (C=O) groups is 1. The molecule has 0 radical (unpaired) electrons. The molecule has 1 N–H and O–H groups in total. The van der Waals surface area contributed by atoms with Crippen molar-refractivity contribution in [1.29, 1.82) is 0 Å². The fourth-order valence-electron chi connectivity index (χ4n) is 0.0552. The summed E-state index contributed by atoms with van der Waals surface area (Å²) in [5.74, 6) is -0.981. The summed E-state index contributed by atoms with van der Waals surface area (Å²) in [4.78, 5) is 9.44. The smallest absolute Gasteiger partial charge is 0.326 e. The van der Waals surface area contributed by atoms with Crippen LogP contribution in [-0.4, -0.2) is 17.6 Å². The number of carboxylic acid groups (broad SMARTS) is 1. The molecule has 0 aliphatic heterocycles. The second-order valence-electron chi connectivity index (χ2n) is 0.681. The Bertz CT molecular complexity index is 76.1. The van der Waals surface area contributed by atoms with Crippen LogP contribution < -0.4 is 0 Å². The van der Waals surface area contributed by atoms with Crippen molar-refractivity contribution < 1.29 is 27.0 Å². The zero-order chi connectivity index (χ0) is 4.99. The van der Waals surface area contributed by atoms with Gasteiger partial charge in [0, 0.05) is 29.5 Å². The minimum absolute atomic E-state index is 0. The molecule has 0 aliphatic rings. The summed E-state index contributed by atoms with van der Waals surface area (Å²) in [5, 5.41) is 7.75. The van der Waals surface area contributed by atoms with Crippen molar-refractivity contribution in [2.24, 2.45) is 4.36 Å². The monoisotopic (exact) mass is 161 g/mol. The predicted octanol–water partition coefficient (Wildman–Crippen LogP) is -0.201. The molecule has 0 aromatic rings. The Hall–Kier alpha value is 0.00948. The van der Waals surface area contributed by atoms with Crippen molar-refractivity contribution in [3.8, 4) is 0 Å². The molecule has 0 fully saturated rings. The predicted molar refractivity (Wildman–Crippen MR) is 22.3 cm³/mol. The Morgan fingerprint density at radius 1 is 1.86 bits per heavy atom. The number of aliphatic carboxylic acids is 1. The van der Waals surface area contributed by atoms with Crippen LogP contribution in [0.4, 0.5) is 0 Å². The van der Waals surface area contributed by atoms with Crippen molar-refractivity contribution in [2.75, 3.05) is 6.54 Å². The van der Waals surface area contributed by atoms with E-state index in [1.165, 1.54) is 0 Å². The van der Waals surface area contributed by atoms with Gasteiger partial charge in [-0.05, 0) is 0 Å². The minimum Gasteiger partial charge on any atom is -0.480 e. The van der Waals surface area contributed by atoms with Crippen LogP contribution in [0.3, 0.4) is 0 Å². The number of hydrogen-bond acceptors (Lipinski definition) is 3. The molecule has 0 heterocycles. The van der Waals surface area contributed by atoms with E-state index in [1.807, 2.05) is 0 Å². The normalized spacial score (nSPS) is 6.29. The van der Waals surface area contributed by atoms with Crippen LogP contribution in [0.1, 0.15) is 0 Å². The molecule has 5 heteroatoms. The second kappa shape index (κ2) is 6.01. The molecule has 0 amide bonds. The second-order valence-corrected chi connectivity index (χ2v) is 0.939. The maximum atomic E-state index is 9.44. The van der Waals surface area contributed by atoms with Crippen molar-refractivity contribution >= 4 is 18.4 Å². The molecule has 0 unspecified atom stereocenters. The molecule has 0 atom stereocenters. The Morgan fingerprint density at radius 2 is 2.29 bits per heavy atom. The van der Waals surface area contributed by atoms with Gasteiger partial charge >= 0.3 is 5.97 Å². The van der Waals surface area contributed by atoms with Crippen LogP contribution in [-0.2, 0) is 34.3 Å². The number of hydrogen-bond donors (Lipinski definition) is 1. The summed E-state index contributed by atoms with van der Waals surface area (Å²) in [6.45, 7) is -0.269. The van der Waals surface area contributed by atoms with E-state index in [9.17, 15) is 4.79 Å². The van der Waals surface area contributed by atoms with Gasteiger partial charge in [0.05, 0.1) is 0 Å². The van der Waals surface area contributed by atoms with E-state index in [1.54, 1.807) is 0 Å². The summed E-state index contributed by atoms with van der Waals surface area (Å²) in [6, 6.07) is 0. The summed E-state index contributed by atoms with van der Waals surface area (Å²) in [6.07, 6.45) is 0. The van der Waals surface area contributed by atoms with Crippen LogP contribution in [0.15, 0.2) is 4.36 Å². The Morgan fingerprint density at radius 3 is 2.29 bits per heavy atom. The molecule has 0 aromatic carbocycles. The third-order valence-electron chi connectivity index (χ3n) is 0.200. The summed E-state index contributed by atoms with van der Waals surface area (Å²) in [5.41, 5.74) is 0. The largest absolute Gasteiger partial charge is 0.480 e. The third-order valence-corrected chi connectivity index (χ3v) is 0.329. The molecule has 0 saturated carbocycles. The van der Waals surface area contributed by atoms with E-state index in [4.69, 9.17) is 5.11 Å². The molecular formula is C2H3FeNO2S. The Labute approximate surface area is 56.7 Å². The maximum absolute atomic E-state index is 9.44. The molecule has 7 heavy (non-hydrogen) atoms. The minimum atomic E-state index is -0.981. The van der Waals surface area contributed by atoms with Crippen molar-refractivity contribution in [3.05, 3.63) is 0 Å². The van der Waals surface area contributed by atoms with E-state index < -0.39 is 5.97 Å². The van der Waals surface area contributed by atoms with E-state index >= 15 is 0 Å². The van der Waals surface area contributed by atoms with Gasteiger partial charge in [0.15, 0.2) is 0 Å². The van der Waals surface area contributed by atoms with Crippen molar-refractivity contribution in [2.45, 2.75) is 0 Å². The first-order valence-corrected chi connectivity index (χ1v) is 1.65. The molecule has 3 nitrogen and oxygen atoms in total. The molecule has 0 saturated heterocycles. The fourth-order valence-corrected chi connectivity index (χ4v) is 0.166. The van der Waals surface area contributed by atoms with Gasteiger partial charge in [0.1, 0.15) is 6.54 Å². The third kappa shape index (κ3) is 10.7. The van der Waals surface area contributed by atoms with Gasteiger partial charge in [-0.2, -0.15) is 0 Å². The number of nitrogens with zero attached hydrogens (tertiary/aromatic N) is 1. The molecule has 0 rings (SSSR count). The van der Waals surface area contributed by atoms with Gasteiger partial charge < -0.3 is 5.11 Å². The van der Waals surface area contributed by atoms with E-state index in [2.05, 4.69) is 16.8 Å². The first kappa shape index (κ1) is 10.1. The molecule has 42 valence electrons. The van der Waals surface area contributed by atoms with Gasteiger partial charge in [-0.1, -0.05) is 0 Å². The van der Waals surface area contributed by atoms with Gasteiger partial charge in [-0.25, -0.2) is 4.36 Å². The quantitative estimate of drug-likeness (QED) is 0.570.